The molecule has 2 aliphatic rings. The lowest BCUT2D eigenvalue weighted by Crippen LogP contribution is -2.54. The summed E-state index contributed by atoms with van der Waals surface area (Å²) in [7, 11) is -2.95. The molecule has 0 spiro atoms. The fraction of sp³-hybridized carbons (Fsp3) is 0.909. The number of sulfone groups is 1. The third-order valence-corrected chi connectivity index (χ3v) is 5.65. The monoisotopic (exact) mass is 261 g/mol. The van der Waals surface area contributed by atoms with Crippen LogP contribution >= 0.6 is 0 Å². The molecule has 0 amide bonds. The molecule has 2 fully saturated rings. The molecule has 0 aliphatic carbocycles. The first-order chi connectivity index (χ1) is 7.91. The third-order valence-electron chi connectivity index (χ3n) is 3.90. The molecule has 17 heavy (non-hydrogen) atoms. The summed E-state index contributed by atoms with van der Waals surface area (Å²) in [5, 5.41) is 9.28. The molecule has 2 heterocycles. The molecule has 0 aromatic heterocycles. The van der Waals surface area contributed by atoms with E-state index in [-0.39, 0.29) is 23.5 Å². The minimum absolute atomic E-state index is 0.0937. The van der Waals surface area contributed by atoms with E-state index in [1.54, 1.807) is 0 Å². The summed E-state index contributed by atoms with van der Waals surface area (Å²) < 4.78 is 22.9. The summed E-state index contributed by atoms with van der Waals surface area (Å²) in [6.07, 6.45) is 2.45. The molecular weight excluding hydrogens is 242 g/mol. The van der Waals surface area contributed by atoms with Crippen LogP contribution in [-0.4, -0.2) is 54.5 Å². The van der Waals surface area contributed by atoms with Crippen LogP contribution in [0.1, 0.15) is 26.2 Å². The predicted octanol–water partition coefficient (Wildman–Crippen LogP) is 0.359. The molecule has 2 rings (SSSR count). The van der Waals surface area contributed by atoms with E-state index >= 15 is 0 Å². The summed E-state index contributed by atoms with van der Waals surface area (Å²) in [5.74, 6) is -0.385. The lowest BCUT2D eigenvalue weighted by molar-refractivity contribution is -0.148. The highest BCUT2D eigenvalue weighted by Gasteiger charge is 2.41. The highest BCUT2D eigenvalue weighted by molar-refractivity contribution is 7.91. The average Bonchev–Trinajstić information content (AvgIpc) is 2.57. The van der Waals surface area contributed by atoms with Gasteiger partial charge in [0.05, 0.1) is 11.5 Å². The highest BCUT2D eigenvalue weighted by Crippen LogP contribution is 2.29. The molecule has 1 N–H and O–H groups in total. The zero-order valence-electron chi connectivity index (χ0n) is 10.0. The Morgan fingerprint density at radius 3 is 2.59 bits per heavy atom. The van der Waals surface area contributed by atoms with Gasteiger partial charge in [-0.2, -0.15) is 0 Å². The Hall–Kier alpha value is -0.620. The molecule has 0 aromatic carbocycles. The number of hydrogen-bond donors (Lipinski definition) is 1. The van der Waals surface area contributed by atoms with Crippen molar-refractivity contribution in [2.75, 3.05) is 18.1 Å². The van der Waals surface area contributed by atoms with Crippen LogP contribution in [0.25, 0.3) is 0 Å². The van der Waals surface area contributed by atoms with Gasteiger partial charge in [-0.1, -0.05) is 6.92 Å². The number of nitrogens with zero attached hydrogens (tertiary/aromatic N) is 1. The number of piperidine rings is 1. The summed E-state index contributed by atoms with van der Waals surface area (Å²) in [6, 6.07) is -0.606. The van der Waals surface area contributed by atoms with Crippen LogP contribution in [0, 0.1) is 5.92 Å². The van der Waals surface area contributed by atoms with Crippen LogP contribution in [0.4, 0.5) is 0 Å². The number of carboxylic acids is 1. The van der Waals surface area contributed by atoms with Crippen molar-refractivity contribution in [3.63, 3.8) is 0 Å². The summed E-state index contributed by atoms with van der Waals surface area (Å²) >= 11 is 0. The van der Waals surface area contributed by atoms with Crippen molar-refractivity contribution < 1.29 is 18.3 Å². The zero-order chi connectivity index (χ0) is 12.6. The first kappa shape index (κ1) is 12.8. The van der Waals surface area contributed by atoms with Crippen LogP contribution in [0.2, 0.25) is 0 Å². The van der Waals surface area contributed by atoms with Gasteiger partial charge in [0.25, 0.3) is 0 Å². The van der Waals surface area contributed by atoms with Crippen LogP contribution in [0.15, 0.2) is 0 Å². The summed E-state index contributed by atoms with van der Waals surface area (Å²) in [6.45, 7) is 2.65. The van der Waals surface area contributed by atoms with Crippen LogP contribution in [0.5, 0.6) is 0 Å². The van der Waals surface area contributed by atoms with E-state index in [4.69, 9.17) is 0 Å². The zero-order valence-corrected chi connectivity index (χ0v) is 10.8. The van der Waals surface area contributed by atoms with Crippen molar-refractivity contribution in [2.24, 2.45) is 5.92 Å². The number of likely N-dealkylation sites (tertiary alicyclic amines) is 1. The molecule has 6 heteroatoms. The van der Waals surface area contributed by atoms with Gasteiger partial charge >= 0.3 is 5.97 Å². The SMILES string of the molecule is CC1CCCN(C2CCS(=O)(=O)C2)C1C(=O)O. The van der Waals surface area contributed by atoms with Crippen molar-refractivity contribution in [3.8, 4) is 0 Å². The maximum Gasteiger partial charge on any atom is 0.321 e. The Kier molecular flexibility index (Phi) is 3.45. The molecule has 3 atom stereocenters. The van der Waals surface area contributed by atoms with Crippen LogP contribution in [0.3, 0.4) is 0 Å². The van der Waals surface area contributed by atoms with Crippen LogP contribution < -0.4 is 0 Å². The quantitative estimate of drug-likeness (QED) is 0.777. The second kappa shape index (κ2) is 4.57. The molecule has 2 saturated heterocycles. The van der Waals surface area contributed by atoms with E-state index in [1.807, 2.05) is 11.8 Å². The molecule has 2 aliphatic heterocycles. The first-order valence-corrected chi connectivity index (χ1v) is 7.92. The maximum absolute atomic E-state index is 11.5. The van der Waals surface area contributed by atoms with Gasteiger partial charge in [0.2, 0.25) is 0 Å². The Morgan fingerprint density at radius 1 is 1.35 bits per heavy atom. The smallest absolute Gasteiger partial charge is 0.321 e. The van der Waals surface area contributed by atoms with Gasteiger partial charge < -0.3 is 5.11 Å². The molecule has 3 unspecified atom stereocenters. The van der Waals surface area contributed by atoms with Crippen molar-refractivity contribution in [1.82, 2.24) is 4.90 Å². The van der Waals surface area contributed by atoms with E-state index < -0.39 is 21.8 Å². The standard InChI is InChI=1S/C11H19NO4S/c1-8-3-2-5-12(10(8)11(13)14)9-4-6-17(15,16)7-9/h8-10H,2-7H2,1H3,(H,13,14). The van der Waals surface area contributed by atoms with Gasteiger partial charge in [0.1, 0.15) is 6.04 Å². The minimum atomic E-state index is -2.95. The minimum Gasteiger partial charge on any atom is -0.480 e. The van der Waals surface area contributed by atoms with Gasteiger partial charge in [-0.25, -0.2) is 8.42 Å². The average molecular weight is 261 g/mol. The van der Waals surface area contributed by atoms with Gasteiger partial charge in [-0.05, 0) is 31.7 Å². The van der Waals surface area contributed by atoms with Gasteiger partial charge in [-0.15, -0.1) is 0 Å². The molecule has 0 saturated carbocycles. The number of rotatable bonds is 2. The topological polar surface area (TPSA) is 74.7 Å². The summed E-state index contributed by atoms with van der Waals surface area (Å²) in [5.41, 5.74) is 0. The second-order valence-corrected chi connectivity index (χ2v) is 7.43. The number of carbonyl (C=O) groups is 1. The molecule has 0 bridgehead atoms. The molecular formula is C11H19NO4S. The first-order valence-electron chi connectivity index (χ1n) is 6.10. The summed E-state index contributed by atoms with van der Waals surface area (Å²) in [4.78, 5) is 13.2. The molecule has 0 radical (unpaired) electrons. The Balaban J connectivity index is 2.15. The van der Waals surface area contributed by atoms with Crippen molar-refractivity contribution in [3.05, 3.63) is 0 Å². The van der Waals surface area contributed by atoms with E-state index in [0.717, 1.165) is 12.8 Å². The fourth-order valence-corrected chi connectivity index (χ4v) is 4.79. The lowest BCUT2D eigenvalue weighted by Gasteiger charge is -2.40. The fourth-order valence-electron chi connectivity index (χ4n) is 3.05. The predicted molar refractivity (Wildman–Crippen MR) is 63.6 cm³/mol. The Labute approximate surface area is 102 Å². The van der Waals surface area contributed by atoms with Gasteiger partial charge in [-0.3, -0.25) is 9.69 Å². The van der Waals surface area contributed by atoms with E-state index in [9.17, 15) is 18.3 Å². The number of hydrogen-bond acceptors (Lipinski definition) is 4. The Bertz CT molecular complexity index is 406. The third kappa shape index (κ3) is 2.63. The van der Waals surface area contributed by atoms with Crippen molar-refractivity contribution >= 4 is 15.8 Å². The maximum atomic E-state index is 11.5. The number of carboxylic acid groups (broad SMARTS) is 1. The molecule has 98 valence electrons. The van der Waals surface area contributed by atoms with Gasteiger partial charge in [0.15, 0.2) is 9.84 Å². The second-order valence-electron chi connectivity index (χ2n) is 5.20. The number of aliphatic carboxylic acids is 1. The molecule has 0 aromatic rings. The van der Waals surface area contributed by atoms with Crippen molar-refractivity contribution in [2.45, 2.75) is 38.3 Å². The van der Waals surface area contributed by atoms with E-state index in [2.05, 4.69) is 0 Å². The normalized spacial score (nSPS) is 38.1. The van der Waals surface area contributed by atoms with E-state index in [0.29, 0.717) is 13.0 Å². The van der Waals surface area contributed by atoms with Crippen LogP contribution in [-0.2, 0) is 14.6 Å². The van der Waals surface area contributed by atoms with Gasteiger partial charge in [0, 0.05) is 6.04 Å². The lowest BCUT2D eigenvalue weighted by atomic mass is 9.89. The Morgan fingerprint density at radius 2 is 2.06 bits per heavy atom. The van der Waals surface area contributed by atoms with Crippen molar-refractivity contribution in [1.29, 1.82) is 0 Å². The largest absolute Gasteiger partial charge is 0.480 e. The van der Waals surface area contributed by atoms with E-state index in [1.165, 1.54) is 0 Å². The molecule has 5 nitrogen and oxygen atoms in total. The highest BCUT2D eigenvalue weighted by atomic mass is 32.2.